The Hall–Kier alpha value is -1.39. The zero-order chi connectivity index (χ0) is 7.28. The van der Waals surface area contributed by atoms with Crippen LogP contribution < -0.4 is 5.73 Å². The quantitative estimate of drug-likeness (QED) is 0.477. The van der Waals surface area contributed by atoms with Crippen molar-refractivity contribution in [1.82, 2.24) is 0 Å². The van der Waals surface area contributed by atoms with Gasteiger partial charge in [0.05, 0.1) is 13.3 Å². The number of nitrogens with two attached hydrogens (primary N) is 1. The molecule has 0 aliphatic carbocycles. The van der Waals surface area contributed by atoms with E-state index in [-0.39, 0.29) is 0 Å². The molecule has 2 amide bonds. The maximum Gasteiger partial charge on any atom is 0.433 e. The van der Waals surface area contributed by atoms with Gasteiger partial charge in [0.15, 0.2) is 0 Å². The average molecular weight is 130 g/mol. The number of methoxy groups -OCH3 is 1. The first kappa shape index (κ1) is 7.61. The second-order valence-electron chi connectivity index (χ2n) is 1.13. The minimum Gasteiger partial charge on any atom is -0.451 e. The normalized spacial score (nSPS) is 9.44. The zero-order valence-electron chi connectivity index (χ0n) is 4.83. The summed E-state index contributed by atoms with van der Waals surface area (Å²) < 4.78 is 4.06. The number of hydrogen-bond acceptors (Lipinski definition) is 3. The molecule has 5 heteroatoms. The summed E-state index contributed by atoms with van der Waals surface area (Å²) in [5, 5.41) is 0. The first-order chi connectivity index (χ1) is 4.16. The maximum atomic E-state index is 10.1. The highest BCUT2D eigenvalue weighted by Gasteiger charge is 1.91. The van der Waals surface area contributed by atoms with E-state index in [0.717, 1.165) is 7.11 Å². The van der Waals surface area contributed by atoms with Gasteiger partial charge in [-0.1, -0.05) is 0 Å². The molecule has 2 N–H and O–H groups in total. The Labute approximate surface area is 51.5 Å². The third kappa shape index (κ3) is 4.46. The van der Waals surface area contributed by atoms with Crippen LogP contribution in [0.4, 0.5) is 4.79 Å². The molecule has 0 aliphatic heterocycles. The molecule has 0 saturated carbocycles. The standard InChI is InChI=1S/C4H6N2O3/c1-9-4(8)6-2-3(5)7/h2H,1H3,(H2,5,7)/b6-2+. The van der Waals surface area contributed by atoms with Crippen molar-refractivity contribution < 1.29 is 14.3 Å². The van der Waals surface area contributed by atoms with Gasteiger partial charge in [0.2, 0.25) is 0 Å². The van der Waals surface area contributed by atoms with Gasteiger partial charge in [-0.25, -0.2) is 4.79 Å². The SMILES string of the molecule is COC(=O)/N=C/C(N)=O. The predicted octanol–water partition coefficient (Wildman–Crippen LogP) is -0.691. The van der Waals surface area contributed by atoms with Crippen molar-refractivity contribution in [2.24, 2.45) is 10.7 Å². The monoisotopic (exact) mass is 130 g/mol. The number of hydrogen-bond donors (Lipinski definition) is 1. The Bertz CT molecular complexity index is 152. The molecule has 0 spiro atoms. The van der Waals surface area contributed by atoms with Crippen LogP contribution in [0.15, 0.2) is 4.99 Å². The highest BCUT2D eigenvalue weighted by Crippen LogP contribution is 1.75. The Kier molecular flexibility index (Phi) is 3.04. The fourth-order valence-corrected chi connectivity index (χ4v) is 0.169. The number of rotatable bonds is 1. The van der Waals surface area contributed by atoms with E-state index in [4.69, 9.17) is 0 Å². The van der Waals surface area contributed by atoms with Gasteiger partial charge in [0.25, 0.3) is 5.91 Å². The van der Waals surface area contributed by atoms with Gasteiger partial charge in [-0.3, -0.25) is 4.79 Å². The smallest absolute Gasteiger partial charge is 0.433 e. The molecular weight excluding hydrogens is 124 g/mol. The lowest BCUT2D eigenvalue weighted by Crippen LogP contribution is -2.12. The minimum atomic E-state index is -0.839. The molecule has 50 valence electrons. The number of amides is 2. The van der Waals surface area contributed by atoms with Gasteiger partial charge in [0, 0.05) is 0 Å². The van der Waals surface area contributed by atoms with Crippen LogP contribution in [0.1, 0.15) is 0 Å². The van der Waals surface area contributed by atoms with Gasteiger partial charge in [-0.2, -0.15) is 4.99 Å². The molecule has 0 heterocycles. The van der Waals surface area contributed by atoms with E-state index in [9.17, 15) is 9.59 Å². The third-order valence-electron chi connectivity index (χ3n) is 0.472. The van der Waals surface area contributed by atoms with Crippen molar-refractivity contribution in [2.45, 2.75) is 0 Å². The predicted molar refractivity (Wildman–Crippen MR) is 30.1 cm³/mol. The van der Waals surface area contributed by atoms with Gasteiger partial charge in [0.1, 0.15) is 0 Å². The van der Waals surface area contributed by atoms with Crippen LogP contribution in [0.5, 0.6) is 0 Å². The summed E-state index contributed by atoms with van der Waals surface area (Å²) in [6, 6.07) is 0. The lowest BCUT2D eigenvalue weighted by Gasteiger charge is -1.85. The number of nitrogens with zero attached hydrogens (tertiary/aromatic N) is 1. The Morgan fingerprint density at radius 1 is 1.67 bits per heavy atom. The summed E-state index contributed by atoms with van der Waals surface area (Å²) in [6.45, 7) is 0. The highest BCUT2D eigenvalue weighted by molar-refractivity contribution is 6.27. The Morgan fingerprint density at radius 3 is 2.56 bits per heavy atom. The molecule has 0 rings (SSSR count). The maximum absolute atomic E-state index is 10.1. The number of ether oxygens (including phenoxy) is 1. The second-order valence-corrected chi connectivity index (χ2v) is 1.13. The summed E-state index contributed by atoms with van der Waals surface area (Å²) >= 11 is 0. The summed E-state index contributed by atoms with van der Waals surface area (Å²) in [5.41, 5.74) is 4.60. The topological polar surface area (TPSA) is 81.8 Å². The van der Waals surface area contributed by atoms with Crippen molar-refractivity contribution in [3.8, 4) is 0 Å². The van der Waals surface area contributed by atoms with Crippen molar-refractivity contribution in [3.05, 3.63) is 0 Å². The molecule has 9 heavy (non-hydrogen) atoms. The molecule has 0 fully saturated rings. The molecule has 0 aromatic rings. The largest absolute Gasteiger partial charge is 0.451 e. The molecule has 0 atom stereocenters. The van der Waals surface area contributed by atoms with Crippen LogP contribution in [-0.4, -0.2) is 25.3 Å². The highest BCUT2D eigenvalue weighted by atomic mass is 16.5. The zero-order valence-corrected chi connectivity index (χ0v) is 4.83. The van der Waals surface area contributed by atoms with Crippen LogP contribution >= 0.6 is 0 Å². The van der Waals surface area contributed by atoms with E-state index in [2.05, 4.69) is 15.5 Å². The molecule has 0 radical (unpaired) electrons. The van der Waals surface area contributed by atoms with Crippen LogP contribution in [-0.2, 0) is 9.53 Å². The van der Waals surface area contributed by atoms with Gasteiger partial charge >= 0.3 is 6.09 Å². The first-order valence-electron chi connectivity index (χ1n) is 2.08. The minimum absolute atomic E-state index is 0.686. The van der Waals surface area contributed by atoms with Gasteiger partial charge in [-0.05, 0) is 0 Å². The summed E-state index contributed by atoms with van der Waals surface area (Å²) in [6.07, 6.45) is -0.153. The Balaban J connectivity index is 3.71. The van der Waals surface area contributed by atoms with Gasteiger partial charge in [-0.15, -0.1) is 0 Å². The van der Waals surface area contributed by atoms with Crippen LogP contribution in [0.3, 0.4) is 0 Å². The summed E-state index contributed by atoms with van der Waals surface area (Å²) in [4.78, 5) is 23.0. The molecule has 0 aromatic heterocycles. The third-order valence-corrected chi connectivity index (χ3v) is 0.472. The summed E-state index contributed by atoms with van der Waals surface area (Å²) in [5.74, 6) is -0.777. The Morgan fingerprint density at radius 2 is 2.22 bits per heavy atom. The van der Waals surface area contributed by atoms with Gasteiger partial charge < -0.3 is 10.5 Å². The van der Waals surface area contributed by atoms with E-state index in [1.54, 1.807) is 0 Å². The van der Waals surface area contributed by atoms with Crippen LogP contribution in [0.2, 0.25) is 0 Å². The number of aliphatic imine (C=N–C) groups is 1. The van der Waals surface area contributed by atoms with E-state index in [0.29, 0.717) is 6.21 Å². The fourth-order valence-electron chi connectivity index (χ4n) is 0.169. The van der Waals surface area contributed by atoms with Crippen LogP contribution in [0.25, 0.3) is 0 Å². The van der Waals surface area contributed by atoms with E-state index in [1.807, 2.05) is 0 Å². The second kappa shape index (κ2) is 3.59. The first-order valence-corrected chi connectivity index (χ1v) is 2.08. The van der Waals surface area contributed by atoms with Crippen LogP contribution in [0, 0.1) is 0 Å². The van der Waals surface area contributed by atoms with E-state index >= 15 is 0 Å². The van der Waals surface area contributed by atoms with Crippen molar-refractivity contribution in [1.29, 1.82) is 0 Å². The number of carbonyl (C=O) groups excluding carboxylic acids is 2. The van der Waals surface area contributed by atoms with E-state index < -0.39 is 12.0 Å². The molecule has 0 bridgehead atoms. The molecular formula is C4H6N2O3. The fraction of sp³-hybridized carbons (Fsp3) is 0.250. The average Bonchev–Trinajstić information content (AvgIpc) is 1.83. The number of carbonyl (C=O) groups is 2. The molecule has 0 saturated heterocycles. The molecule has 0 aromatic carbocycles. The number of primary amides is 1. The van der Waals surface area contributed by atoms with Crippen molar-refractivity contribution in [3.63, 3.8) is 0 Å². The molecule has 0 aliphatic rings. The molecule has 5 nitrogen and oxygen atoms in total. The molecule has 0 unspecified atom stereocenters. The van der Waals surface area contributed by atoms with Crippen molar-refractivity contribution >= 4 is 18.2 Å². The summed E-state index contributed by atoms with van der Waals surface area (Å²) in [7, 11) is 1.15. The van der Waals surface area contributed by atoms with Crippen molar-refractivity contribution in [2.75, 3.05) is 7.11 Å². The lowest BCUT2D eigenvalue weighted by molar-refractivity contribution is -0.111. The van der Waals surface area contributed by atoms with E-state index in [1.165, 1.54) is 0 Å². The lowest BCUT2D eigenvalue weighted by atomic mass is 10.7.